The molecule has 0 amide bonds. The van der Waals surface area contributed by atoms with Crippen molar-refractivity contribution in [2.75, 3.05) is 14.2 Å². The molecule has 0 heterocycles. The van der Waals surface area contributed by atoms with Gasteiger partial charge in [-0.05, 0) is 6.42 Å². The molecule has 104 valence electrons. The number of halogens is 2. The van der Waals surface area contributed by atoms with Crippen LogP contribution < -0.4 is 0 Å². The van der Waals surface area contributed by atoms with E-state index in [0.29, 0.717) is 6.42 Å². The zero-order valence-corrected chi connectivity index (χ0v) is 12.1. The van der Waals surface area contributed by atoms with Crippen LogP contribution in [0.4, 0.5) is 0 Å². The third kappa shape index (κ3) is 1.42. The molecule has 3 aliphatic rings. The first-order valence-corrected chi connectivity index (χ1v) is 6.88. The lowest BCUT2D eigenvalue weighted by atomic mass is 9.83. The molecule has 2 fully saturated rings. The van der Waals surface area contributed by atoms with Gasteiger partial charge in [-0.25, -0.2) is 0 Å². The van der Waals surface area contributed by atoms with Gasteiger partial charge < -0.3 is 9.47 Å². The second kappa shape index (κ2) is 3.89. The highest BCUT2D eigenvalue weighted by atomic mass is 35.5. The monoisotopic (exact) mass is 304 g/mol. The first-order chi connectivity index (χ1) is 8.90. The van der Waals surface area contributed by atoms with Gasteiger partial charge in [0.2, 0.25) is 0 Å². The van der Waals surface area contributed by atoms with Crippen LogP contribution in [0.3, 0.4) is 0 Å². The van der Waals surface area contributed by atoms with Gasteiger partial charge in [0.25, 0.3) is 0 Å². The molecule has 19 heavy (non-hydrogen) atoms. The molecule has 2 bridgehead atoms. The van der Waals surface area contributed by atoms with Gasteiger partial charge in [-0.2, -0.15) is 0 Å². The van der Waals surface area contributed by atoms with Crippen LogP contribution in [0.15, 0.2) is 12.2 Å². The van der Waals surface area contributed by atoms with Gasteiger partial charge in [0, 0.05) is 17.3 Å². The van der Waals surface area contributed by atoms with Crippen molar-refractivity contribution in [3.8, 4) is 0 Å². The van der Waals surface area contributed by atoms with Crippen LogP contribution in [0.25, 0.3) is 0 Å². The van der Waals surface area contributed by atoms with Crippen molar-refractivity contribution in [3.05, 3.63) is 12.2 Å². The van der Waals surface area contributed by atoms with Crippen molar-refractivity contribution in [2.24, 2.45) is 29.1 Å². The van der Waals surface area contributed by atoms with Gasteiger partial charge in [-0.1, -0.05) is 12.2 Å². The van der Waals surface area contributed by atoms with Gasteiger partial charge in [0.15, 0.2) is 0 Å². The number of allylic oxidation sites excluding steroid dienone is 2. The van der Waals surface area contributed by atoms with Crippen LogP contribution in [0, 0.1) is 29.1 Å². The Hall–Kier alpha value is -0.740. The largest absolute Gasteiger partial charge is 0.469 e. The van der Waals surface area contributed by atoms with Crippen molar-refractivity contribution >= 4 is 35.1 Å². The number of rotatable bonds is 2. The molecule has 0 radical (unpaired) electrons. The van der Waals surface area contributed by atoms with E-state index in [1.807, 2.05) is 12.2 Å². The Morgan fingerprint density at radius 1 is 1.05 bits per heavy atom. The van der Waals surface area contributed by atoms with E-state index in [4.69, 9.17) is 32.7 Å². The maximum absolute atomic E-state index is 12.0. The molecule has 4 nitrogen and oxygen atoms in total. The lowest BCUT2D eigenvalue weighted by Crippen LogP contribution is -2.34. The van der Waals surface area contributed by atoms with Gasteiger partial charge in [-0.15, -0.1) is 23.2 Å². The smallest absolute Gasteiger partial charge is 0.310 e. The first-order valence-electron chi connectivity index (χ1n) is 6.12. The number of alkyl halides is 2. The van der Waals surface area contributed by atoms with E-state index < -0.39 is 33.5 Å². The lowest BCUT2D eigenvalue weighted by Gasteiger charge is -2.23. The average molecular weight is 305 g/mol. The minimum absolute atomic E-state index is 0.149. The highest BCUT2D eigenvalue weighted by molar-refractivity contribution is 6.51. The molecule has 0 saturated heterocycles. The second-order valence-corrected chi connectivity index (χ2v) is 6.94. The zero-order valence-electron chi connectivity index (χ0n) is 10.6. The molecule has 3 aliphatic carbocycles. The van der Waals surface area contributed by atoms with Crippen molar-refractivity contribution in [1.29, 1.82) is 0 Å². The Bertz CT molecular complexity index is 453. The first kappa shape index (κ1) is 13.3. The summed E-state index contributed by atoms with van der Waals surface area (Å²) in [6, 6.07) is 0. The van der Waals surface area contributed by atoms with Crippen molar-refractivity contribution in [2.45, 2.75) is 10.8 Å². The predicted octanol–water partition coefficient (Wildman–Crippen LogP) is 1.94. The Kier molecular flexibility index (Phi) is 2.71. The SMILES string of the molecule is COC(=O)[C@@H]1[C@H](C(=O)OC)[C@@H]2C=C[C@H]1C21CC1(Cl)Cl. The molecular weight excluding hydrogens is 291 g/mol. The Morgan fingerprint density at radius 3 is 1.68 bits per heavy atom. The molecule has 0 aliphatic heterocycles. The van der Waals surface area contributed by atoms with E-state index in [1.165, 1.54) is 14.2 Å². The van der Waals surface area contributed by atoms with Crippen LogP contribution in [-0.2, 0) is 19.1 Å². The number of hydrogen-bond donors (Lipinski definition) is 0. The summed E-state index contributed by atoms with van der Waals surface area (Å²) in [6.07, 6.45) is 4.48. The van der Waals surface area contributed by atoms with Crippen LogP contribution in [0.2, 0.25) is 0 Å². The number of carbonyl (C=O) groups excluding carboxylic acids is 2. The maximum Gasteiger partial charge on any atom is 0.310 e. The van der Waals surface area contributed by atoms with Crippen LogP contribution in [0.1, 0.15) is 6.42 Å². The fourth-order valence-corrected chi connectivity index (χ4v) is 4.98. The van der Waals surface area contributed by atoms with Gasteiger partial charge in [0.05, 0.1) is 26.1 Å². The van der Waals surface area contributed by atoms with E-state index in [2.05, 4.69) is 0 Å². The third-order valence-electron chi connectivity index (χ3n) is 4.89. The quantitative estimate of drug-likeness (QED) is 0.444. The van der Waals surface area contributed by atoms with Crippen molar-refractivity contribution < 1.29 is 19.1 Å². The fourth-order valence-electron chi connectivity index (χ4n) is 4.04. The molecule has 0 aromatic rings. The predicted molar refractivity (Wildman–Crippen MR) is 68.6 cm³/mol. The minimum Gasteiger partial charge on any atom is -0.469 e. The number of ether oxygens (including phenoxy) is 2. The van der Waals surface area contributed by atoms with Crippen LogP contribution in [-0.4, -0.2) is 30.5 Å². The summed E-state index contributed by atoms with van der Waals surface area (Å²) in [5, 5.41) is 0. The Labute approximate surface area is 121 Å². The average Bonchev–Trinajstić information content (AvgIpc) is 2.69. The van der Waals surface area contributed by atoms with Gasteiger partial charge in [0.1, 0.15) is 4.33 Å². The maximum atomic E-state index is 12.0. The normalized spacial score (nSPS) is 44.4. The van der Waals surface area contributed by atoms with E-state index in [1.54, 1.807) is 0 Å². The molecule has 0 N–H and O–H groups in total. The molecule has 0 aromatic heterocycles. The highest BCUT2D eigenvalue weighted by Gasteiger charge is 2.81. The molecule has 3 rings (SSSR count). The lowest BCUT2D eigenvalue weighted by molar-refractivity contribution is -0.158. The molecule has 6 heteroatoms. The standard InChI is InChI=1S/C13H14Cl2O4/c1-18-10(16)8-6-3-4-7(9(8)11(17)19-2)12(6)5-13(12,14)15/h3-4,6-9H,5H2,1-2H3/t6-,7+,8+,9-,12?. The molecule has 5 atom stereocenters. The van der Waals surface area contributed by atoms with Gasteiger partial charge in [-0.3, -0.25) is 9.59 Å². The summed E-state index contributed by atoms with van der Waals surface area (Å²) >= 11 is 12.6. The van der Waals surface area contributed by atoms with E-state index in [9.17, 15) is 9.59 Å². The van der Waals surface area contributed by atoms with E-state index in [-0.39, 0.29) is 11.8 Å². The number of carbonyl (C=O) groups is 2. The second-order valence-electron chi connectivity index (χ2n) is 5.46. The highest BCUT2D eigenvalue weighted by Crippen LogP contribution is 2.80. The van der Waals surface area contributed by atoms with E-state index >= 15 is 0 Å². The Morgan fingerprint density at radius 2 is 1.42 bits per heavy atom. The van der Waals surface area contributed by atoms with Crippen LogP contribution in [0.5, 0.6) is 0 Å². The summed E-state index contributed by atoms with van der Waals surface area (Å²) in [5.74, 6) is -2.20. The number of hydrogen-bond acceptors (Lipinski definition) is 4. The molecule has 2 saturated carbocycles. The molecule has 1 unspecified atom stereocenters. The van der Waals surface area contributed by atoms with E-state index in [0.717, 1.165) is 0 Å². The molecule has 1 spiro atoms. The summed E-state index contributed by atoms with van der Waals surface area (Å²) in [5.41, 5.74) is -0.409. The zero-order chi connectivity index (χ0) is 14.0. The third-order valence-corrected chi connectivity index (χ3v) is 5.86. The summed E-state index contributed by atoms with van der Waals surface area (Å²) < 4.78 is 8.79. The topological polar surface area (TPSA) is 52.6 Å². The summed E-state index contributed by atoms with van der Waals surface area (Å²) in [4.78, 5) is 24.0. The van der Waals surface area contributed by atoms with Gasteiger partial charge >= 0.3 is 11.9 Å². The summed E-state index contributed by atoms with van der Waals surface area (Å²) in [6.45, 7) is 0. The van der Waals surface area contributed by atoms with Crippen LogP contribution >= 0.6 is 23.2 Å². The van der Waals surface area contributed by atoms with Crippen molar-refractivity contribution in [1.82, 2.24) is 0 Å². The Balaban J connectivity index is 2.03. The fraction of sp³-hybridized carbons (Fsp3) is 0.692. The van der Waals surface area contributed by atoms with Crippen molar-refractivity contribution in [3.63, 3.8) is 0 Å². The number of methoxy groups -OCH3 is 2. The minimum atomic E-state index is -0.874. The summed E-state index contributed by atoms with van der Waals surface area (Å²) in [7, 11) is 2.64. The number of esters is 2. The molecule has 0 aromatic carbocycles. The molecular formula is C13H14Cl2O4.